The first-order valence-electron chi connectivity index (χ1n) is 15.4. The summed E-state index contributed by atoms with van der Waals surface area (Å²) in [5, 5.41) is 23.3. The summed E-state index contributed by atoms with van der Waals surface area (Å²) in [5.74, 6) is -0.310. The lowest BCUT2D eigenvalue weighted by Gasteiger charge is -2.47. The molecule has 1 saturated heterocycles. The summed E-state index contributed by atoms with van der Waals surface area (Å²) in [6.07, 6.45) is 8.38. The number of nitrogens with two attached hydrogens (primary N) is 1. The summed E-state index contributed by atoms with van der Waals surface area (Å²) in [6.45, 7) is 6.42. The van der Waals surface area contributed by atoms with E-state index in [9.17, 15) is 19.8 Å². The number of aliphatic hydroxyl groups is 2. The van der Waals surface area contributed by atoms with Crippen molar-refractivity contribution in [3.8, 4) is 0 Å². The first kappa shape index (κ1) is 29.7. The smallest absolute Gasteiger partial charge is 0.220 e. The summed E-state index contributed by atoms with van der Waals surface area (Å²) in [6, 6.07) is 15.6. The molecule has 2 fully saturated rings. The number of hydrogen-bond donors (Lipinski definition) is 3. The normalized spacial score (nSPS) is 29.9. The number of nitrogens with zero attached hydrogens (tertiary/aromatic N) is 1. The fourth-order valence-electron chi connectivity index (χ4n) is 7.69. The number of carbonyl (C=O) groups is 2. The zero-order chi connectivity index (χ0) is 29.2. The van der Waals surface area contributed by atoms with E-state index in [1.54, 1.807) is 0 Å². The van der Waals surface area contributed by atoms with E-state index < -0.39 is 17.1 Å². The summed E-state index contributed by atoms with van der Waals surface area (Å²) in [5.41, 5.74) is 8.76. The Morgan fingerprint density at radius 3 is 2.46 bits per heavy atom. The maximum atomic E-state index is 14.0. The molecule has 41 heavy (non-hydrogen) atoms. The van der Waals surface area contributed by atoms with Gasteiger partial charge in [0.1, 0.15) is 0 Å². The molecule has 6 heteroatoms. The Morgan fingerprint density at radius 2 is 1.76 bits per heavy atom. The number of likely N-dealkylation sites (tertiary alicyclic amines) is 1. The number of ketones is 1. The summed E-state index contributed by atoms with van der Waals surface area (Å²) in [7, 11) is 0. The monoisotopic (exact) mass is 558 g/mol. The van der Waals surface area contributed by atoms with Crippen molar-refractivity contribution in [3.63, 3.8) is 0 Å². The molecule has 6 rings (SSSR count). The minimum absolute atomic E-state index is 0.00825. The summed E-state index contributed by atoms with van der Waals surface area (Å²) >= 11 is 0. The van der Waals surface area contributed by atoms with Crippen LogP contribution < -0.4 is 5.73 Å². The SMILES string of the molecule is CC1=CCC[C@@]2(C)[C@@H](CC[C@@]2(O)CN2CCC(C(N)=O)CC2)c2ccc(cc2C(=O)c2ccccc2)C[C@@H](O)CC1. The average Bonchev–Trinajstić information content (AvgIpc) is 3.21. The molecular formula is C35H46N2O4. The fourth-order valence-corrected chi connectivity index (χ4v) is 7.69. The Bertz CT molecular complexity index is 1280. The predicted molar refractivity (Wildman–Crippen MR) is 162 cm³/mol. The number of allylic oxidation sites excluding steroid dienone is 2. The van der Waals surface area contributed by atoms with Crippen molar-refractivity contribution in [2.24, 2.45) is 17.1 Å². The average molecular weight is 559 g/mol. The van der Waals surface area contributed by atoms with Gasteiger partial charge >= 0.3 is 0 Å². The minimum Gasteiger partial charge on any atom is -0.393 e. The van der Waals surface area contributed by atoms with Crippen LogP contribution in [0.4, 0.5) is 0 Å². The van der Waals surface area contributed by atoms with Crippen molar-refractivity contribution < 1.29 is 19.8 Å². The van der Waals surface area contributed by atoms with E-state index in [-0.39, 0.29) is 23.5 Å². The number of carbonyl (C=O) groups excluding carboxylic acids is 2. The molecule has 0 radical (unpaired) electrons. The highest BCUT2D eigenvalue weighted by atomic mass is 16.3. The molecule has 2 bridgehead atoms. The maximum Gasteiger partial charge on any atom is 0.220 e. The summed E-state index contributed by atoms with van der Waals surface area (Å²) in [4.78, 5) is 28.0. The molecule has 4 atom stereocenters. The second-order valence-corrected chi connectivity index (χ2v) is 13.1. The van der Waals surface area contributed by atoms with Gasteiger partial charge in [-0.1, -0.05) is 61.0 Å². The van der Waals surface area contributed by atoms with Crippen LogP contribution in [-0.4, -0.2) is 58.1 Å². The molecule has 6 nitrogen and oxygen atoms in total. The van der Waals surface area contributed by atoms with Gasteiger partial charge in [0, 0.05) is 29.0 Å². The number of amides is 1. The van der Waals surface area contributed by atoms with E-state index in [2.05, 4.69) is 37.0 Å². The van der Waals surface area contributed by atoms with Gasteiger partial charge in [0.05, 0.1) is 11.7 Å². The van der Waals surface area contributed by atoms with Gasteiger partial charge in [0.2, 0.25) is 5.91 Å². The molecule has 1 amide bonds. The van der Waals surface area contributed by atoms with Gasteiger partial charge in [-0.15, -0.1) is 0 Å². The number of benzene rings is 2. The summed E-state index contributed by atoms with van der Waals surface area (Å²) < 4.78 is 0. The molecule has 220 valence electrons. The van der Waals surface area contributed by atoms with E-state index >= 15 is 0 Å². The molecule has 1 heterocycles. The molecule has 0 aromatic heterocycles. The Labute approximate surface area is 244 Å². The third-order valence-corrected chi connectivity index (χ3v) is 10.4. The van der Waals surface area contributed by atoms with E-state index in [4.69, 9.17) is 5.73 Å². The molecule has 2 aromatic rings. The molecule has 0 unspecified atom stereocenters. The number of hydrogen-bond acceptors (Lipinski definition) is 5. The molecule has 1 saturated carbocycles. The van der Waals surface area contributed by atoms with Crippen molar-refractivity contribution in [1.82, 2.24) is 4.90 Å². The number of fused-ring (bicyclic) bond motifs is 8. The second-order valence-electron chi connectivity index (χ2n) is 13.1. The lowest BCUT2D eigenvalue weighted by atomic mass is 9.64. The first-order chi connectivity index (χ1) is 19.6. The van der Waals surface area contributed by atoms with Crippen LogP contribution in [0.3, 0.4) is 0 Å². The minimum atomic E-state index is -0.933. The third kappa shape index (κ3) is 6.20. The quantitative estimate of drug-likeness (QED) is 0.348. The second kappa shape index (κ2) is 12.2. The Balaban J connectivity index is 1.54. The zero-order valence-electron chi connectivity index (χ0n) is 24.6. The van der Waals surface area contributed by atoms with Gasteiger partial charge in [0.25, 0.3) is 0 Å². The Morgan fingerprint density at radius 1 is 1.02 bits per heavy atom. The Kier molecular flexibility index (Phi) is 8.84. The first-order valence-corrected chi connectivity index (χ1v) is 15.4. The number of primary amides is 1. The van der Waals surface area contributed by atoms with E-state index in [0.717, 1.165) is 62.7 Å². The van der Waals surface area contributed by atoms with Gasteiger partial charge in [-0.05, 0) is 101 Å². The molecule has 1 aliphatic heterocycles. The van der Waals surface area contributed by atoms with Crippen molar-refractivity contribution in [2.75, 3.05) is 19.6 Å². The van der Waals surface area contributed by atoms with Gasteiger partial charge in [-0.3, -0.25) is 9.59 Å². The molecule has 2 aromatic carbocycles. The van der Waals surface area contributed by atoms with Gasteiger partial charge in [-0.25, -0.2) is 0 Å². The molecule has 4 aliphatic rings. The van der Waals surface area contributed by atoms with Gasteiger partial charge in [0.15, 0.2) is 5.78 Å². The van der Waals surface area contributed by atoms with Crippen LogP contribution in [0.15, 0.2) is 60.2 Å². The lowest BCUT2D eigenvalue weighted by Crippen LogP contribution is -2.54. The van der Waals surface area contributed by atoms with Crippen LogP contribution in [0.2, 0.25) is 0 Å². The zero-order valence-corrected chi connectivity index (χ0v) is 24.6. The maximum absolute atomic E-state index is 14.0. The van der Waals surface area contributed by atoms with Gasteiger partial charge in [-0.2, -0.15) is 0 Å². The van der Waals surface area contributed by atoms with Crippen molar-refractivity contribution >= 4 is 11.7 Å². The number of aliphatic hydroxyl groups excluding tert-OH is 1. The topological polar surface area (TPSA) is 104 Å². The largest absolute Gasteiger partial charge is 0.393 e. The molecule has 3 aliphatic carbocycles. The van der Waals surface area contributed by atoms with Crippen LogP contribution in [0.25, 0.3) is 0 Å². The molecular weight excluding hydrogens is 512 g/mol. The van der Waals surface area contributed by atoms with E-state index in [1.165, 1.54) is 5.57 Å². The van der Waals surface area contributed by atoms with Crippen LogP contribution in [0.1, 0.15) is 98.2 Å². The number of rotatable bonds is 5. The van der Waals surface area contributed by atoms with Crippen molar-refractivity contribution in [3.05, 3.63) is 82.4 Å². The van der Waals surface area contributed by atoms with Crippen LogP contribution >= 0.6 is 0 Å². The highest BCUT2D eigenvalue weighted by molar-refractivity contribution is 6.10. The highest BCUT2D eigenvalue weighted by Crippen LogP contribution is 2.59. The highest BCUT2D eigenvalue weighted by Gasteiger charge is 2.57. The van der Waals surface area contributed by atoms with Crippen molar-refractivity contribution in [1.29, 1.82) is 0 Å². The van der Waals surface area contributed by atoms with E-state index in [1.807, 2.05) is 36.4 Å². The van der Waals surface area contributed by atoms with E-state index in [0.29, 0.717) is 36.9 Å². The predicted octanol–water partition coefficient (Wildman–Crippen LogP) is 5.15. The third-order valence-electron chi connectivity index (χ3n) is 10.4. The van der Waals surface area contributed by atoms with Crippen molar-refractivity contribution in [2.45, 2.75) is 89.3 Å². The van der Waals surface area contributed by atoms with Gasteiger partial charge < -0.3 is 20.8 Å². The number of piperidine rings is 1. The lowest BCUT2D eigenvalue weighted by molar-refractivity contribution is -0.124. The fraction of sp³-hybridized carbons (Fsp3) is 0.543. The van der Waals surface area contributed by atoms with Crippen LogP contribution in [0.5, 0.6) is 0 Å². The van der Waals surface area contributed by atoms with Crippen LogP contribution in [0, 0.1) is 11.3 Å². The Hall–Kier alpha value is -2.80. The number of β-amino-alcohol motifs (C(OH)–C–C–N with tert-alkyl or cyclic N) is 1. The standard InChI is InChI=1S/C35H46N2O4/c1-24-7-6-17-34(2)31(14-18-35(34,41)23-37-19-15-27(16-20-37)33(36)40)29-13-11-25(21-28(38)12-10-24)22-30(29)32(39)26-8-4-3-5-9-26/h3-5,7-9,11,13,22,27-28,31,38,41H,6,10,12,14-21,23H2,1-2H3,(H2,36,40)/t28-,31-,34-,35+/m0/s1. The molecule has 4 N–H and O–H groups in total. The molecule has 0 spiro atoms. The van der Waals surface area contributed by atoms with Crippen LogP contribution in [-0.2, 0) is 11.2 Å².